The molecule has 0 saturated heterocycles. The summed E-state index contributed by atoms with van der Waals surface area (Å²) in [5.74, 6) is 0. The van der Waals surface area contributed by atoms with Crippen LogP contribution in [0.5, 0.6) is 0 Å². The minimum Gasteiger partial charge on any atom is 0 e. The third-order valence-electron chi connectivity index (χ3n) is 0. The fourth-order valence-corrected chi connectivity index (χ4v) is 0. The van der Waals surface area contributed by atoms with Crippen molar-refractivity contribution in [1.82, 2.24) is 0 Å². The molecule has 0 heterocycles. The van der Waals surface area contributed by atoms with Crippen LogP contribution in [0.3, 0.4) is 0 Å². The van der Waals surface area contributed by atoms with Gasteiger partial charge in [0.15, 0.2) is 0 Å². The maximum atomic E-state index is 7.50. The molecule has 0 aliphatic heterocycles. The van der Waals surface area contributed by atoms with Gasteiger partial charge in [-0.05, 0) is 0 Å². The van der Waals surface area contributed by atoms with Crippen LogP contribution in [0.1, 0.15) is 0 Å². The topological polar surface area (TPSA) is 20.2 Å². The van der Waals surface area contributed by atoms with Crippen molar-refractivity contribution < 1.29 is 62.4 Å². The van der Waals surface area contributed by atoms with Gasteiger partial charge in [-0.2, -0.15) is 0 Å². The average Bonchev–Trinajstić information content (AvgIpc) is 0.918. The zero-order valence-corrected chi connectivity index (χ0v) is 6.86. The summed E-state index contributed by atoms with van der Waals surface area (Å²) in [6.45, 7) is 0. The minimum absolute atomic E-state index is 0. The maximum absolute atomic E-state index is 7.50. The Hall–Kier alpha value is 1.83. The molecule has 0 spiro atoms. The molecule has 1 nitrogen and oxygen atoms in total. The Morgan fingerprint density at radius 2 is 1.60 bits per heavy atom. The Kier molecular flexibility index (Phi) is 53.7. The summed E-state index contributed by atoms with van der Waals surface area (Å²) in [6.07, 6.45) is 0. The number of hydrogen-bond acceptors (Lipinski definition) is 1. The number of rotatable bonds is 0. The van der Waals surface area contributed by atoms with Gasteiger partial charge in [0.2, 0.25) is 0 Å². The standard InChI is InChI=1S/CH3O.Cu.Pd.Pt/c1-2;;;/h2H,1H2;;;. The predicted octanol–water partition coefficient (Wildman–Crippen LogP) is -0.522. The van der Waals surface area contributed by atoms with E-state index in [1.54, 1.807) is 0 Å². The Morgan fingerprint density at radius 3 is 1.60 bits per heavy atom. The van der Waals surface area contributed by atoms with E-state index in [0.29, 0.717) is 0 Å². The molecule has 0 aromatic carbocycles. The van der Waals surface area contributed by atoms with Crippen molar-refractivity contribution in [3.8, 4) is 0 Å². The van der Waals surface area contributed by atoms with Crippen molar-refractivity contribution in [2.45, 2.75) is 0 Å². The first-order valence-corrected chi connectivity index (χ1v) is 1.64. The number of aliphatic hydroxyl groups excluding tert-OH is 1. The molecule has 0 unspecified atom stereocenters. The molecule has 0 atom stereocenters. The van der Waals surface area contributed by atoms with E-state index in [4.69, 9.17) is 5.11 Å². The molecule has 1 N–H and O–H groups in total. The van der Waals surface area contributed by atoms with E-state index in [1.165, 1.54) is 0 Å². The van der Waals surface area contributed by atoms with Gasteiger partial charge < -0.3 is 0 Å². The molecule has 0 aliphatic carbocycles. The zero-order chi connectivity index (χ0) is 2.71. The molecule has 0 fully saturated rings. The quantitative estimate of drug-likeness (QED) is 0.547. The van der Waals surface area contributed by atoms with Crippen molar-refractivity contribution in [3.05, 3.63) is 0 Å². The van der Waals surface area contributed by atoms with Gasteiger partial charge in [-0.3, -0.25) is 0 Å². The molecule has 0 aromatic heterocycles. The van der Waals surface area contributed by atoms with Crippen molar-refractivity contribution in [1.29, 1.82) is 0 Å². The van der Waals surface area contributed by atoms with Gasteiger partial charge in [-0.25, -0.2) is 0 Å². The van der Waals surface area contributed by atoms with E-state index in [-0.39, 0.29) is 43.2 Å². The number of hydrogen-bond donors (Lipinski definition) is 1. The Bertz CT molecular complexity index is 11.6. The van der Waals surface area contributed by atoms with Crippen molar-refractivity contribution >= 4 is 0 Å². The van der Waals surface area contributed by atoms with Crippen LogP contribution in [-0.4, -0.2) is 10.2 Å². The summed E-state index contributed by atoms with van der Waals surface area (Å²) in [4.78, 5) is 0. The first-order chi connectivity index (χ1) is 1.41. The average molecular weight is 396 g/mol. The Balaban J connectivity index is -0.0000000200. The second kappa shape index (κ2) is 17.0. The zero-order valence-electron chi connectivity index (χ0n) is 2.09. The summed E-state index contributed by atoms with van der Waals surface area (Å²) in [5, 5.41) is 7.60. The van der Waals surface area contributed by atoms with Gasteiger partial charge in [0.25, 0.3) is 0 Å². The van der Waals surface area contributed by atoms with E-state index in [0.717, 1.165) is 0 Å². The monoisotopic (exact) mass is 395 g/mol. The minimum atomic E-state index is 0. The summed E-state index contributed by atoms with van der Waals surface area (Å²) in [6, 6.07) is 0. The maximum Gasteiger partial charge on any atom is 0 e. The molecule has 0 amide bonds. The van der Waals surface area contributed by atoms with Crippen LogP contribution in [-0.2, 0) is 57.3 Å². The van der Waals surface area contributed by atoms with E-state index >= 15 is 0 Å². The molecule has 0 aliphatic rings. The smallest absolute Gasteiger partial charge is 0 e. The van der Waals surface area contributed by atoms with Crippen molar-refractivity contribution in [2.75, 3.05) is 5.08 Å². The number of aliphatic hydroxyl groups is 1. The summed E-state index contributed by atoms with van der Waals surface area (Å²) >= 11 is 2.50. The van der Waals surface area contributed by atoms with Gasteiger partial charge >= 0.3 is 29.4 Å². The van der Waals surface area contributed by atoms with Crippen LogP contribution in [0.2, 0.25) is 0 Å². The van der Waals surface area contributed by atoms with Crippen LogP contribution < -0.4 is 0 Å². The Morgan fingerprint density at radius 1 is 1.60 bits per heavy atom. The van der Waals surface area contributed by atoms with E-state index in [9.17, 15) is 0 Å². The van der Waals surface area contributed by atoms with Crippen LogP contribution in [0.4, 0.5) is 0 Å². The van der Waals surface area contributed by atoms with E-state index < -0.39 is 0 Å². The van der Waals surface area contributed by atoms with Gasteiger partial charge in [0.1, 0.15) is 0 Å². The molecule has 0 rings (SSSR count). The van der Waals surface area contributed by atoms with Crippen molar-refractivity contribution in [3.63, 3.8) is 0 Å². The molecule has 4 heteroatoms. The van der Waals surface area contributed by atoms with E-state index in [2.05, 4.69) is 19.2 Å². The Labute approximate surface area is 67.0 Å². The molecular formula is CH3CuOPdPt. The second-order valence-electron chi connectivity index (χ2n) is 0.100. The normalized spacial score (nSPS) is 3.80. The SMILES string of the molecule is O[CH2][Pd].[Cu].[Pt]. The molecule has 0 aromatic rings. The third-order valence-corrected chi connectivity index (χ3v) is 0. The largest absolute Gasteiger partial charge is 0 e. The molecule has 0 bridgehead atoms. The predicted molar refractivity (Wildman–Crippen MR) is 7.09 cm³/mol. The molecule has 0 saturated carbocycles. The fraction of sp³-hybridized carbons (Fsp3) is 1.00. The van der Waals surface area contributed by atoms with Gasteiger partial charge in [0.05, 0.1) is 0 Å². The van der Waals surface area contributed by atoms with Crippen molar-refractivity contribution in [2.24, 2.45) is 0 Å². The van der Waals surface area contributed by atoms with Gasteiger partial charge in [-0.15, -0.1) is 0 Å². The van der Waals surface area contributed by atoms with Crippen LogP contribution in [0, 0.1) is 0 Å². The van der Waals surface area contributed by atoms with Crippen LogP contribution >= 0.6 is 0 Å². The van der Waals surface area contributed by atoms with Gasteiger partial charge in [-0.1, -0.05) is 0 Å². The molecule has 1 radical (unpaired) electrons. The summed E-state index contributed by atoms with van der Waals surface area (Å²) < 4.78 is 0. The molecule has 44 valence electrons. The summed E-state index contributed by atoms with van der Waals surface area (Å²) in [5.41, 5.74) is 0. The fourth-order valence-electron chi connectivity index (χ4n) is 0. The molecule has 5 heavy (non-hydrogen) atoms. The molecular weight excluding hydrogens is 393 g/mol. The second-order valence-corrected chi connectivity index (χ2v) is 0.592. The van der Waals surface area contributed by atoms with Crippen LogP contribution in [0.15, 0.2) is 0 Å². The van der Waals surface area contributed by atoms with Gasteiger partial charge in [0, 0.05) is 38.1 Å². The van der Waals surface area contributed by atoms with E-state index in [1.807, 2.05) is 0 Å². The first kappa shape index (κ1) is 15.8. The summed E-state index contributed by atoms with van der Waals surface area (Å²) in [7, 11) is 0. The first-order valence-electron chi connectivity index (χ1n) is 0.540. The van der Waals surface area contributed by atoms with Crippen LogP contribution in [0.25, 0.3) is 0 Å². The third kappa shape index (κ3) is 25.5.